The van der Waals surface area contributed by atoms with Gasteiger partial charge < -0.3 is 10.2 Å². The average Bonchev–Trinajstić information content (AvgIpc) is 3.42. The van der Waals surface area contributed by atoms with E-state index >= 15 is 0 Å². The minimum absolute atomic E-state index is 0.0561. The Morgan fingerprint density at radius 1 is 1.10 bits per heavy atom. The van der Waals surface area contributed by atoms with Gasteiger partial charge in [-0.25, -0.2) is 27.3 Å². The van der Waals surface area contributed by atoms with E-state index in [0.29, 0.717) is 5.56 Å². The van der Waals surface area contributed by atoms with Crippen LogP contribution in [0.5, 0.6) is 0 Å². The van der Waals surface area contributed by atoms with Crippen molar-refractivity contribution < 1.29 is 22.8 Å². The first kappa shape index (κ1) is 25.7. The molecule has 2 fully saturated rings. The highest BCUT2D eigenvalue weighted by molar-refractivity contribution is 6.07. The predicted molar refractivity (Wildman–Crippen MR) is 130 cm³/mol. The minimum atomic E-state index is -1.68. The molecule has 0 radical (unpaired) electrons. The molecule has 200 valence electrons. The molecule has 3 aromatic rings. The summed E-state index contributed by atoms with van der Waals surface area (Å²) in [5, 5.41) is 14.3. The number of pyridine rings is 1. The number of imide groups is 1. The first-order chi connectivity index (χ1) is 18.5. The molecule has 2 aliphatic heterocycles. The third-order valence-electron chi connectivity index (χ3n) is 6.76. The van der Waals surface area contributed by atoms with E-state index in [1.807, 2.05) is 6.07 Å². The number of carbonyl (C=O) groups is 2. The molecule has 5 rings (SSSR count). The van der Waals surface area contributed by atoms with Crippen molar-refractivity contribution in [3.8, 4) is 11.8 Å². The number of aromatic nitrogens is 3. The number of carbonyl (C=O) groups excluding carboxylic acids is 2. The highest BCUT2D eigenvalue weighted by Gasteiger charge is 2.51. The lowest BCUT2D eigenvalue weighted by atomic mass is 9.99. The number of halogens is 3. The summed E-state index contributed by atoms with van der Waals surface area (Å²) in [5.41, 5.74) is -2.61. The molecular weight excluding hydrogens is 519 g/mol. The molecule has 1 spiro atoms. The first-order valence-corrected chi connectivity index (χ1v) is 11.7. The van der Waals surface area contributed by atoms with Crippen molar-refractivity contribution in [2.75, 3.05) is 18.0 Å². The van der Waals surface area contributed by atoms with Crippen LogP contribution in [0.15, 0.2) is 40.2 Å². The lowest BCUT2D eigenvalue weighted by Crippen LogP contribution is -2.50. The molecule has 14 heteroatoms. The van der Waals surface area contributed by atoms with Gasteiger partial charge in [-0.1, -0.05) is 0 Å². The summed E-state index contributed by atoms with van der Waals surface area (Å²) in [4.78, 5) is 57.5. The van der Waals surface area contributed by atoms with E-state index in [9.17, 15) is 37.6 Å². The SMILES string of the molecule is Cc1cncc(-n2c(=O)c(Cc3cc(F)c(F)c(F)c3)c(N3CCC4(C3)NC(=O)NC4=O)n(CC#N)c2=O)c1. The standard InChI is InChI=1S/C25H20F3N7O4/c1-13-6-15(11-30-10-13)35-21(36)16(7-14-8-17(26)19(28)18(27)9-14)20(34(5-3-29)24(35)39)33-4-2-25(12-33)22(37)31-23(38)32-25/h6,8-11H,2,4-5,7,12H2,1H3,(H2,31,32,37,38). The Hall–Kier alpha value is -4.93. The van der Waals surface area contributed by atoms with Gasteiger partial charge in [-0.2, -0.15) is 5.26 Å². The molecule has 2 N–H and O–H groups in total. The fourth-order valence-corrected chi connectivity index (χ4v) is 5.03. The normalized spacial score (nSPS) is 18.4. The fourth-order valence-electron chi connectivity index (χ4n) is 5.03. The van der Waals surface area contributed by atoms with Crippen molar-refractivity contribution in [3.05, 3.63) is 85.6 Å². The van der Waals surface area contributed by atoms with Crippen molar-refractivity contribution in [2.45, 2.75) is 31.8 Å². The fraction of sp³-hybridized carbons (Fsp3) is 0.280. The molecule has 0 saturated carbocycles. The Bertz CT molecular complexity index is 1690. The Balaban J connectivity index is 1.76. The second-order valence-corrected chi connectivity index (χ2v) is 9.40. The van der Waals surface area contributed by atoms with Crippen LogP contribution in [0.1, 0.15) is 23.1 Å². The van der Waals surface area contributed by atoms with Crippen LogP contribution in [0.25, 0.3) is 5.69 Å². The maximum absolute atomic E-state index is 14.1. The topological polar surface area (TPSA) is 142 Å². The molecule has 39 heavy (non-hydrogen) atoms. The van der Waals surface area contributed by atoms with E-state index < -0.39 is 59.1 Å². The van der Waals surface area contributed by atoms with E-state index in [4.69, 9.17) is 0 Å². The largest absolute Gasteiger partial charge is 0.354 e. The van der Waals surface area contributed by atoms with Gasteiger partial charge in [0.2, 0.25) is 0 Å². The lowest BCUT2D eigenvalue weighted by Gasteiger charge is -2.27. The maximum Gasteiger partial charge on any atom is 0.338 e. The number of hydrogen-bond donors (Lipinski definition) is 2. The summed E-state index contributed by atoms with van der Waals surface area (Å²) in [5.74, 6) is -5.26. The van der Waals surface area contributed by atoms with Crippen LogP contribution in [-0.2, 0) is 17.8 Å². The van der Waals surface area contributed by atoms with E-state index in [1.165, 1.54) is 23.4 Å². The Morgan fingerprint density at radius 3 is 2.44 bits per heavy atom. The predicted octanol–water partition coefficient (Wildman–Crippen LogP) is 1.02. The lowest BCUT2D eigenvalue weighted by molar-refractivity contribution is -0.123. The van der Waals surface area contributed by atoms with Crippen LogP contribution >= 0.6 is 0 Å². The van der Waals surface area contributed by atoms with E-state index in [1.54, 1.807) is 6.92 Å². The zero-order valence-corrected chi connectivity index (χ0v) is 20.4. The summed E-state index contributed by atoms with van der Waals surface area (Å²) in [7, 11) is 0. The Labute approximate surface area is 218 Å². The van der Waals surface area contributed by atoms with Gasteiger partial charge in [-0.05, 0) is 42.7 Å². The molecule has 0 bridgehead atoms. The van der Waals surface area contributed by atoms with Crippen molar-refractivity contribution >= 4 is 17.8 Å². The number of anilines is 1. The third-order valence-corrected chi connectivity index (χ3v) is 6.76. The van der Waals surface area contributed by atoms with Crippen LogP contribution in [0.2, 0.25) is 0 Å². The van der Waals surface area contributed by atoms with Crippen LogP contribution in [0, 0.1) is 35.7 Å². The number of aryl methyl sites for hydroxylation is 1. The molecule has 2 aliphatic rings. The smallest absolute Gasteiger partial charge is 0.338 e. The van der Waals surface area contributed by atoms with Gasteiger partial charge in [0.1, 0.15) is 17.9 Å². The van der Waals surface area contributed by atoms with Gasteiger partial charge in [0.05, 0.1) is 30.1 Å². The van der Waals surface area contributed by atoms with Gasteiger partial charge in [0.25, 0.3) is 11.5 Å². The molecule has 1 atom stereocenters. The number of nitrogens with zero attached hydrogens (tertiary/aromatic N) is 5. The number of nitriles is 1. The number of amides is 3. The van der Waals surface area contributed by atoms with Crippen molar-refractivity contribution in [1.82, 2.24) is 24.8 Å². The molecule has 2 saturated heterocycles. The Morgan fingerprint density at radius 2 is 1.82 bits per heavy atom. The molecule has 1 unspecified atom stereocenters. The highest BCUT2D eigenvalue weighted by Crippen LogP contribution is 2.31. The summed E-state index contributed by atoms with van der Waals surface area (Å²) < 4.78 is 43.6. The van der Waals surface area contributed by atoms with Crippen LogP contribution in [0.3, 0.4) is 0 Å². The van der Waals surface area contributed by atoms with Crippen molar-refractivity contribution in [2.24, 2.45) is 0 Å². The monoisotopic (exact) mass is 539 g/mol. The number of rotatable bonds is 5. The first-order valence-electron chi connectivity index (χ1n) is 11.7. The molecule has 11 nitrogen and oxygen atoms in total. The highest BCUT2D eigenvalue weighted by atomic mass is 19.2. The molecule has 4 heterocycles. The third kappa shape index (κ3) is 4.31. The Kier molecular flexibility index (Phi) is 6.21. The summed E-state index contributed by atoms with van der Waals surface area (Å²) in [6.45, 7) is 1.12. The van der Waals surface area contributed by atoms with Gasteiger partial charge in [-0.15, -0.1) is 0 Å². The zero-order chi connectivity index (χ0) is 28.1. The van der Waals surface area contributed by atoms with Gasteiger partial charge in [0.15, 0.2) is 17.5 Å². The van der Waals surface area contributed by atoms with E-state index in [2.05, 4.69) is 15.6 Å². The van der Waals surface area contributed by atoms with Gasteiger partial charge in [-0.3, -0.25) is 24.5 Å². The summed E-state index contributed by atoms with van der Waals surface area (Å²) in [6.07, 6.45) is 2.45. The second kappa shape index (κ2) is 9.43. The molecular formula is C25H20F3N7O4. The van der Waals surface area contributed by atoms with Gasteiger partial charge >= 0.3 is 11.7 Å². The van der Waals surface area contributed by atoms with E-state index in [-0.39, 0.29) is 42.1 Å². The number of hydrogen-bond acceptors (Lipinski definition) is 7. The van der Waals surface area contributed by atoms with Gasteiger partial charge in [0, 0.05) is 19.2 Å². The second-order valence-electron chi connectivity index (χ2n) is 9.40. The number of urea groups is 1. The quantitative estimate of drug-likeness (QED) is 0.364. The van der Waals surface area contributed by atoms with Crippen LogP contribution in [0.4, 0.5) is 23.8 Å². The van der Waals surface area contributed by atoms with Crippen molar-refractivity contribution in [3.63, 3.8) is 0 Å². The average molecular weight is 539 g/mol. The van der Waals surface area contributed by atoms with Crippen LogP contribution in [-0.4, -0.2) is 44.7 Å². The molecule has 1 aromatic carbocycles. The molecule has 2 aromatic heterocycles. The summed E-state index contributed by atoms with van der Waals surface area (Å²) >= 11 is 0. The zero-order valence-electron chi connectivity index (χ0n) is 20.4. The number of nitrogens with one attached hydrogen (secondary N) is 2. The molecule has 0 aliphatic carbocycles. The van der Waals surface area contributed by atoms with Crippen LogP contribution < -0.4 is 26.8 Å². The summed E-state index contributed by atoms with van der Waals surface area (Å²) in [6, 6.07) is 4.17. The number of benzene rings is 1. The van der Waals surface area contributed by atoms with Crippen molar-refractivity contribution in [1.29, 1.82) is 5.26 Å². The minimum Gasteiger partial charge on any atom is -0.354 e. The maximum atomic E-state index is 14.1. The molecule has 3 amide bonds. The van der Waals surface area contributed by atoms with E-state index in [0.717, 1.165) is 21.3 Å².